The lowest BCUT2D eigenvalue weighted by Gasteiger charge is -2.33. The van der Waals surface area contributed by atoms with Gasteiger partial charge in [-0.1, -0.05) is 48.3 Å². The van der Waals surface area contributed by atoms with Gasteiger partial charge >= 0.3 is 6.03 Å². The summed E-state index contributed by atoms with van der Waals surface area (Å²) in [5.74, 6) is -0.111. The summed E-state index contributed by atoms with van der Waals surface area (Å²) < 4.78 is 0. The summed E-state index contributed by atoms with van der Waals surface area (Å²) in [6.07, 6.45) is 7.74. The highest BCUT2D eigenvalue weighted by Crippen LogP contribution is 2.29. The number of benzene rings is 1. The van der Waals surface area contributed by atoms with Crippen LogP contribution in [0.2, 0.25) is 0 Å². The van der Waals surface area contributed by atoms with Gasteiger partial charge in [0, 0.05) is 30.7 Å². The van der Waals surface area contributed by atoms with Crippen LogP contribution in [0.4, 0.5) is 10.5 Å². The summed E-state index contributed by atoms with van der Waals surface area (Å²) in [5.41, 5.74) is 1.88. The van der Waals surface area contributed by atoms with Crippen LogP contribution in [0.1, 0.15) is 71.2 Å². The third-order valence-corrected chi connectivity index (χ3v) is 7.02. The summed E-state index contributed by atoms with van der Waals surface area (Å²) in [5, 5.41) is 15.6. The molecule has 1 aromatic heterocycles. The van der Waals surface area contributed by atoms with Gasteiger partial charge in [-0.15, -0.1) is 10.2 Å². The molecule has 0 bridgehead atoms. The lowest BCUT2D eigenvalue weighted by Crippen LogP contribution is -2.48. The van der Waals surface area contributed by atoms with E-state index in [9.17, 15) is 9.59 Å². The van der Waals surface area contributed by atoms with Gasteiger partial charge in [0.2, 0.25) is 5.01 Å². The van der Waals surface area contributed by atoms with Crippen LogP contribution in [-0.4, -0.2) is 46.2 Å². The molecule has 2 heterocycles. The summed E-state index contributed by atoms with van der Waals surface area (Å²) >= 11 is 1.33. The minimum atomic E-state index is -0.245. The highest BCUT2D eigenvalue weighted by atomic mass is 32.1. The molecule has 1 aliphatic carbocycles. The first kappa shape index (κ1) is 20.8. The van der Waals surface area contributed by atoms with Gasteiger partial charge in [0.1, 0.15) is 5.01 Å². The van der Waals surface area contributed by atoms with Crippen molar-refractivity contribution in [3.63, 3.8) is 0 Å². The van der Waals surface area contributed by atoms with Gasteiger partial charge in [0.15, 0.2) is 0 Å². The van der Waals surface area contributed by atoms with Crippen molar-refractivity contribution in [3.8, 4) is 0 Å². The number of hydrogen-bond acceptors (Lipinski definition) is 5. The fraction of sp³-hybridized carbons (Fsp3) is 0.545. The molecule has 1 saturated heterocycles. The maximum Gasteiger partial charge on any atom is 0.317 e. The number of aryl methyl sites for hydroxylation is 1. The Morgan fingerprint density at radius 1 is 1.03 bits per heavy atom. The Morgan fingerprint density at radius 3 is 2.57 bits per heavy atom. The van der Waals surface area contributed by atoms with Gasteiger partial charge in [0.25, 0.3) is 5.91 Å². The number of nitrogens with one attached hydrogen (secondary N) is 2. The smallest absolute Gasteiger partial charge is 0.317 e. The Hall–Kier alpha value is -2.48. The molecule has 1 saturated carbocycles. The maximum absolute atomic E-state index is 12.7. The van der Waals surface area contributed by atoms with Crippen molar-refractivity contribution in [1.29, 1.82) is 0 Å². The third-order valence-electron chi connectivity index (χ3n) is 5.93. The molecular formula is C22H29N5O2S. The number of hydrogen-bond donors (Lipinski definition) is 2. The van der Waals surface area contributed by atoms with Crippen molar-refractivity contribution in [2.75, 3.05) is 18.4 Å². The minimum Gasteiger partial charge on any atom is -0.335 e. The van der Waals surface area contributed by atoms with Crippen molar-refractivity contribution in [1.82, 2.24) is 20.4 Å². The number of anilines is 1. The van der Waals surface area contributed by atoms with Crippen LogP contribution >= 0.6 is 11.3 Å². The molecule has 7 nitrogen and oxygen atoms in total. The van der Waals surface area contributed by atoms with E-state index in [1.165, 1.54) is 30.6 Å². The van der Waals surface area contributed by atoms with E-state index in [4.69, 9.17) is 0 Å². The molecule has 160 valence electrons. The zero-order valence-electron chi connectivity index (χ0n) is 17.4. The second-order valence-electron chi connectivity index (χ2n) is 8.34. The Labute approximate surface area is 181 Å². The second-order valence-corrected chi connectivity index (χ2v) is 9.34. The Bertz CT molecular complexity index is 876. The van der Waals surface area contributed by atoms with Crippen LogP contribution in [0.3, 0.4) is 0 Å². The van der Waals surface area contributed by atoms with Crippen LogP contribution in [0, 0.1) is 6.92 Å². The Morgan fingerprint density at radius 2 is 1.80 bits per heavy atom. The highest BCUT2D eigenvalue weighted by molar-refractivity contribution is 7.13. The lowest BCUT2D eigenvalue weighted by atomic mass is 9.95. The molecule has 2 aromatic rings. The van der Waals surface area contributed by atoms with Crippen molar-refractivity contribution in [2.24, 2.45) is 0 Å². The number of carbonyl (C=O) groups excluding carboxylic acids is 2. The van der Waals surface area contributed by atoms with E-state index in [-0.39, 0.29) is 17.9 Å². The number of rotatable bonds is 4. The number of aromatic nitrogens is 2. The first-order valence-electron chi connectivity index (χ1n) is 10.9. The molecule has 1 aromatic carbocycles. The number of urea groups is 1. The van der Waals surface area contributed by atoms with E-state index in [1.807, 2.05) is 36.1 Å². The number of nitrogens with zero attached hydrogens (tertiary/aromatic N) is 3. The average Bonchev–Trinajstić information content (AvgIpc) is 3.27. The molecule has 2 aliphatic rings. The molecule has 2 N–H and O–H groups in total. The molecule has 4 rings (SSSR count). The van der Waals surface area contributed by atoms with Crippen LogP contribution in [0.15, 0.2) is 24.3 Å². The van der Waals surface area contributed by atoms with Crippen molar-refractivity contribution in [3.05, 3.63) is 39.8 Å². The molecule has 1 aliphatic heterocycles. The third kappa shape index (κ3) is 5.16. The van der Waals surface area contributed by atoms with E-state index in [0.29, 0.717) is 17.6 Å². The lowest BCUT2D eigenvalue weighted by molar-refractivity contribution is 0.102. The van der Waals surface area contributed by atoms with Crippen molar-refractivity contribution >= 4 is 29.0 Å². The molecule has 0 unspecified atom stereocenters. The van der Waals surface area contributed by atoms with Crippen molar-refractivity contribution in [2.45, 2.75) is 63.8 Å². The largest absolute Gasteiger partial charge is 0.335 e. The highest BCUT2D eigenvalue weighted by Gasteiger charge is 2.29. The summed E-state index contributed by atoms with van der Waals surface area (Å²) in [7, 11) is 0. The minimum absolute atomic E-state index is 0.0356. The van der Waals surface area contributed by atoms with Gasteiger partial charge in [-0.05, 0) is 44.7 Å². The number of carbonyl (C=O) groups is 2. The first-order valence-corrected chi connectivity index (χ1v) is 11.7. The van der Waals surface area contributed by atoms with Crippen LogP contribution in [0.25, 0.3) is 0 Å². The zero-order chi connectivity index (χ0) is 20.9. The standard InChI is InChI=1S/C22H29N5O2S/c1-15-9-11-18(12-10-15)23-19(28)21-26-25-20(30-21)16-6-5-13-27(14-16)22(29)24-17-7-3-2-4-8-17/h9-12,16-17H,2-8,13-14H2,1H3,(H,23,28)(H,24,29)/t16-/m1/s1. The van der Waals surface area contributed by atoms with Crippen LogP contribution < -0.4 is 10.6 Å². The van der Waals surface area contributed by atoms with Gasteiger partial charge < -0.3 is 15.5 Å². The molecule has 3 amide bonds. The number of piperidine rings is 1. The maximum atomic E-state index is 12.7. The SMILES string of the molecule is Cc1ccc(NC(=O)c2nnc([C@@H]3CCCN(C(=O)NC4CCCCC4)C3)s2)cc1. The molecule has 0 radical (unpaired) electrons. The predicted octanol–water partition coefficient (Wildman–Crippen LogP) is 4.32. The molecule has 0 spiro atoms. The van der Waals surface area contributed by atoms with Gasteiger partial charge in [-0.3, -0.25) is 4.79 Å². The number of likely N-dealkylation sites (tertiary alicyclic amines) is 1. The molecule has 30 heavy (non-hydrogen) atoms. The fourth-order valence-electron chi connectivity index (χ4n) is 4.19. The van der Waals surface area contributed by atoms with E-state index in [0.717, 1.165) is 48.5 Å². The fourth-order valence-corrected chi connectivity index (χ4v) is 5.05. The van der Waals surface area contributed by atoms with Gasteiger partial charge in [0.05, 0.1) is 0 Å². The normalized spacial score (nSPS) is 20.0. The monoisotopic (exact) mass is 427 g/mol. The van der Waals surface area contributed by atoms with Crippen LogP contribution in [-0.2, 0) is 0 Å². The summed E-state index contributed by atoms with van der Waals surface area (Å²) in [4.78, 5) is 27.1. The van der Waals surface area contributed by atoms with E-state index >= 15 is 0 Å². The second kappa shape index (κ2) is 9.55. The van der Waals surface area contributed by atoms with Gasteiger partial charge in [-0.2, -0.15) is 0 Å². The zero-order valence-corrected chi connectivity index (χ0v) is 18.2. The first-order chi connectivity index (χ1) is 14.6. The summed E-state index contributed by atoms with van der Waals surface area (Å²) in [6.45, 7) is 3.41. The quantitative estimate of drug-likeness (QED) is 0.761. The Balaban J connectivity index is 1.34. The predicted molar refractivity (Wildman–Crippen MR) is 118 cm³/mol. The van der Waals surface area contributed by atoms with Crippen molar-refractivity contribution < 1.29 is 9.59 Å². The molecular weight excluding hydrogens is 398 g/mol. The summed E-state index contributed by atoms with van der Waals surface area (Å²) in [6, 6.07) is 8.00. The average molecular weight is 428 g/mol. The van der Waals surface area contributed by atoms with E-state index in [1.54, 1.807) is 0 Å². The molecule has 1 atom stereocenters. The topological polar surface area (TPSA) is 87.2 Å². The Kier molecular flexibility index (Phi) is 6.62. The molecule has 8 heteroatoms. The van der Waals surface area contributed by atoms with Crippen LogP contribution in [0.5, 0.6) is 0 Å². The van der Waals surface area contributed by atoms with E-state index in [2.05, 4.69) is 20.8 Å². The van der Waals surface area contributed by atoms with Gasteiger partial charge in [-0.25, -0.2) is 4.79 Å². The van der Waals surface area contributed by atoms with E-state index < -0.39 is 0 Å². The number of amides is 3. The molecule has 2 fully saturated rings.